The van der Waals surface area contributed by atoms with Gasteiger partial charge in [-0.05, 0) is 24.1 Å². The van der Waals surface area contributed by atoms with Crippen LogP contribution in [0.15, 0.2) is 36.7 Å². The number of benzene rings is 1. The van der Waals surface area contributed by atoms with E-state index in [0.29, 0.717) is 29.6 Å². The molecule has 3 heterocycles. The van der Waals surface area contributed by atoms with Crippen LogP contribution in [0.2, 0.25) is 0 Å². The fourth-order valence-corrected chi connectivity index (χ4v) is 4.04. The topological polar surface area (TPSA) is 126 Å². The molecule has 10 heteroatoms. The van der Waals surface area contributed by atoms with Gasteiger partial charge in [-0.3, -0.25) is 14.7 Å². The van der Waals surface area contributed by atoms with Gasteiger partial charge in [0.05, 0.1) is 41.1 Å². The molecule has 1 aliphatic rings. The van der Waals surface area contributed by atoms with E-state index in [2.05, 4.69) is 20.5 Å². The quantitative estimate of drug-likeness (QED) is 0.552. The number of hydrogen-bond donors (Lipinski definition) is 3. The lowest BCUT2D eigenvalue weighted by Gasteiger charge is -2.42. The number of ether oxygens (including phenoxy) is 1. The molecular formula is C21H23FN6O3. The van der Waals surface area contributed by atoms with Crippen molar-refractivity contribution in [2.24, 2.45) is 5.92 Å². The number of anilines is 2. The molecule has 3 atom stereocenters. The molecule has 2 amide bonds. The molecule has 1 fully saturated rings. The van der Waals surface area contributed by atoms with Crippen LogP contribution >= 0.6 is 0 Å². The molecule has 0 saturated carbocycles. The van der Waals surface area contributed by atoms with Crippen LogP contribution in [-0.2, 0) is 14.3 Å². The maximum absolute atomic E-state index is 13.4. The lowest BCUT2D eigenvalue weighted by Crippen LogP contribution is -2.50. The zero-order valence-electron chi connectivity index (χ0n) is 17.1. The van der Waals surface area contributed by atoms with Crippen LogP contribution in [0.1, 0.15) is 24.9 Å². The summed E-state index contributed by atoms with van der Waals surface area (Å²) < 4.78 is 19.0. The number of fused-ring (bicyclic) bond motifs is 1. The first-order valence-electron chi connectivity index (χ1n) is 9.86. The van der Waals surface area contributed by atoms with E-state index in [1.54, 1.807) is 19.2 Å². The third-order valence-corrected chi connectivity index (χ3v) is 5.73. The van der Waals surface area contributed by atoms with Crippen molar-refractivity contribution in [1.82, 2.24) is 20.1 Å². The summed E-state index contributed by atoms with van der Waals surface area (Å²) in [5, 5.41) is 9.82. The lowest BCUT2D eigenvalue weighted by molar-refractivity contribution is -0.149. The highest BCUT2D eigenvalue weighted by Gasteiger charge is 2.39. The Labute approximate surface area is 177 Å². The molecule has 4 rings (SSSR count). The molecule has 0 spiro atoms. The van der Waals surface area contributed by atoms with Crippen LogP contribution in [0.25, 0.3) is 10.9 Å². The summed E-state index contributed by atoms with van der Waals surface area (Å²) in [6.45, 7) is 2.29. The number of carbonyl (C=O) groups is 2. The van der Waals surface area contributed by atoms with Gasteiger partial charge in [0.1, 0.15) is 11.6 Å². The second-order valence-electron chi connectivity index (χ2n) is 7.68. The minimum Gasteiger partial charge on any atom is -0.383 e. The maximum Gasteiger partial charge on any atom is 0.314 e. The second kappa shape index (κ2) is 8.31. The number of rotatable bonds is 3. The normalized spacial score (nSPS) is 21.3. The van der Waals surface area contributed by atoms with E-state index < -0.39 is 17.9 Å². The number of piperidine rings is 1. The van der Waals surface area contributed by atoms with Crippen molar-refractivity contribution in [2.75, 3.05) is 24.7 Å². The van der Waals surface area contributed by atoms with Gasteiger partial charge in [0, 0.05) is 19.6 Å². The summed E-state index contributed by atoms with van der Waals surface area (Å²) >= 11 is 0. The molecule has 0 unspecified atom stereocenters. The summed E-state index contributed by atoms with van der Waals surface area (Å²) in [6, 6.07) is 5.51. The molecule has 1 saturated heterocycles. The minimum atomic E-state index is -0.808. The summed E-state index contributed by atoms with van der Waals surface area (Å²) in [4.78, 5) is 31.6. The zero-order chi connectivity index (χ0) is 22.1. The van der Waals surface area contributed by atoms with Gasteiger partial charge in [-0.2, -0.15) is 5.10 Å². The highest BCUT2D eigenvalue weighted by molar-refractivity contribution is 6.40. The number of nitrogen functional groups attached to an aromatic ring is 1. The number of nitrogens with one attached hydrogen (secondary N) is 2. The Morgan fingerprint density at radius 2 is 2.03 bits per heavy atom. The number of aromatic nitrogens is 3. The van der Waals surface area contributed by atoms with E-state index in [0.717, 1.165) is 5.56 Å². The van der Waals surface area contributed by atoms with E-state index in [1.807, 2.05) is 6.92 Å². The van der Waals surface area contributed by atoms with Crippen molar-refractivity contribution >= 4 is 34.2 Å². The van der Waals surface area contributed by atoms with Crippen LogP contribution in [0.3, 0.4) is 0 Å². The Hall–Kier alpha value is -3.53. The Morgan fingerprint density at radius 3 is 2.74 bits per heavy atom. The third-order valence-electron chi connectivity index (χ3n) is 5.73. The average Bonchev–Trinajstić information content (AvgIpc) is 3.27. The summed E-state index contributed by atoms with van der Waals surface area (Å²) in [6.07, 6.45) is 3.28. The Bertz CT molecular complexity index is 1120. The van der Waals surface area contributed by atoms with Crippen molar-refractivity contribution in [3.05, 3.63) is 48.0 Å². The van der Waals surface area contributed by atoms with Gasteiger partial charge < -0.3 is 20.7 Å². The van der Waals surface area contributed by atoms with Gasteiger partial charge >= 0.3 is 11.8 Å². The molecule has 162 valence electrons. The molecule has 3 aromatic rings. The van der Waals surface area contributed by atoms with Gasteiger partial charge in [0.15, 0.2) is 0 Å². The molecule has 4 N–H and O–H groups in total. The van der Waals surface area contributed by atoms with Gasteiger partial charge in [-0.15, -0.1) is 0 Å². The van der Waals surface area contributed by atoms with Crippen LogP contribution < -0.4 is 11.1 Å². The van der Waals surface area contributed by atoms with Crippen LogP contribution in [0.5, 0.6) is 0 Å². The highest BCUT2D eigenvalue weighted by Crippen LogP contribution is 2.35. The highest BCUT2D eigenvalue weighted by atomic mass is 19.1. The standard InChI is InChI=1S/C21H23FN6O3/c1-11-10-28(16(7-17(11)31-2)12-3-5-13(22)6-4-12)21(30)20(29)26-15-9-24-19(23)14-8-25-27-18(14)15/h3-6,8-9,11,16-17H,7,10H2,1-2H3,(H2,23,24)(H,25,27)(H,26,29)/t11-,16-,17+/m1/s1. The molecule has 0 bridgehead atoms. The van der Waals surface area contributed by atoms with Crippen LogP contribution in [0.4, 0.5) is 15.9 Å². The number of methoxy groups -OCH3 is 1. The molecule has 9 nitrogen and oxygen atoms in total. The smallest absolute Gasteiger partial charge is 0.314 e. The monoisotopic (exact) mass is 426 g/mol. The predicted molar refractivity (Wildman–Crippen MR) is 112 cm³/mol. The van der Waals surface area contributed by atoms with Crippen molar-refractivity contribution in [1.29, 1.82) is 0 Å². The number of likely N-dealkylation sites (tertiary alicyclic amines) is 1. The van der Waals surface area contributed by atoms with Gasteiger partial charge in [-0.25, -0.2) is 9.37 Å². The summed E-state index contributed by atoms with van der Waals surface area (Å²) in [5.74, 6) is -1.58. The van der Waals surface area contributed by atoms with E-state index >= 15 is 0 Å². The van der Waals surface area contributed by atoms with Crippen molar-refractivity contribution < 1.29 is 18.7 Å². The number of aromatic amines is 1. The average molecular weight is 426 g/mol. The van der Waals surface area contributed by atoms with E-state index in [1.165, 1.54) is 29.4 Å². The molecule has 0 aliphatic carbocycles. The maximum atomic E-state index is 13.4. The SMILES string of the molecule is CO[C@H]1C[C@H](c2ccc(F)cc2)N(C(=O)C(=O)Nc2cnc(N)c3cn[nH]c23)C[C@H]1C. The fourth-order valence-electron chi connectivity index (χ4n) is 4.04. The zero-order valence-corrected chi connectivity index (χ0v) is 17.1. The summed E-state index contributed by atoms with van der Waals surface area (Å²) in [7, 11) is 1.62. The Balaban J connectivity index is 1.60. The molecule has 1 aromatic carbocycles. The van der Waals surface area contributed by atoms with E-state index in [4.69, 9.17) is 10.5 Å². The van der Waals surface area contributed by atoms with Crippen molar-refractivity contribution in [3.8, 4) is 0 Å². The largest absolute Gasteiger partial charge is 0.383 e. The van der Waals surface area contributed by atoms with Crippen molar-refractivity contribution in [3.63, 3.8) is 0 Å². The predicted octanol–water partition coefficient (Wildman–Crippen LogP) is 2.24. The Morgan fingerprint density at radius 1 is 1.29 bits per heavy atom. The van der Waals surface area contributed by atoms with Gasteiger partial charge in [0.2, 0.25) is 0 Å². The first-order valence-corrected chi connectivity index (χ1v) is 9.86. The summed E-state index contributed by atoms with van der Waals surface area (Å²) in [5.41, 5.74) is 7.34. The molecule has 0 radical (unpaired) electrons. The van der Waals surface area contributed by atoms with E-state index in [9.17, 15) is 14.0 Å². The van der Waals surface area contributed by atoms with Gasteiger partial charge in [-0.1, -0.05) is 19.1 Å². The van der Waals surface area contributed by atoms with E-state index in [-0.39, 0.29) is 23.7 Å². The second-order valence-corrected chi connectivity index (χ2v) is 7.68. The molecule has 31 heavy (non-hydrogen) atoms. The number of halogens is 1. The first-order chi connectivity index (χ1) is 14.9. The number of nitrogens with two attached hydrogens (primary N) is 1. The number of carbonyl (C=O) groups excluding carboxylic acids is 2. The number of nitrogens with zero attached hydrogens (tertiary/aromatic N) is 3. The molecular weight excluding hydrogens is 403 g/mol. The fraction of sp³-hybridized carbons (Fsp3) is 0.333. The first kappa shape index (κ1) is 20.7. The number of pyridine rings is 1. The van der Waals surface area contributed by atoms with Crippen molar-refractivity contribution in [2.45, 2.75) is 25.5 Å². The van der Waals surface area contributed by atoms with Crippen LogP contribution in [-0.4, -0.2) is 51.7 Å². The van der Waals surface area contributed by atoms with Crippen LogP contribution in [0, 0.1) is 11.7 Å². The number of H-pyrrole nitrogens is 1. The Kier molecular flexibility index (Phi) is 5.55. The molecule has 1 aliphatic heterocycles. The lowest BCUT2D eigenvalue weighted by atomic mass is 9.87. The minimum absolute atomic E-state index is 0.0240. The number of amides is 2. The number of hydrogen-bond acceptors (Lipinski definition) is 6. The third kappa shape index (κ3) is 3.93. The molecule has 2 aromatic heterocycles. The van der Waals surface area contributed by atoms with Gasteiger partial charge in [0.25, 0.3) is 0 Å².